The smallest absolute Gasteiger partial charge is 0.123 e. The summed E-state index contributed by atoms with van der Waals surface area (Å²) in [5.41, 5.74) is 7.87. The van der Waals surface area contributed by atoms with Crippen molar-refractivity contribution in [2.45, 2.75) is 32.7 Å². The van der Waals surface area contributed by atoms with Gasteiger partial charge in [0.25, 0.3) is 0 Å². The summed E-state index contributed by atoms with van der Waals surface area (Å²) in [6, 6.07) is 5.07. The molecule has 1 aliphatic rings. The molecule has 2 heteroatoms. The Labute approximate surface area is 84.1 Å². The number of nitrogens with two attached hydrogens (primary N) is 1. The summed E-state index contributed by atoms with van der Waals surface area (Å²) in [5, 5.41) is 0. The maximum atomic E-state index is 13.2. The van der Waals surface area contributed by atoms with Gasteiger partial charge in [0.1, 0.15) is 5.82 Å². The van der Waals surface area contributed by atoms with Crippen LogP contribution >= 0.6 is 0 Å². The van der Waals surface area contributed by atoms with Crippen LogP contribution in [0.25, 0.3) is 0 Å². The third-order valence-electron chi connectivity index (χ3n) is 3.36. The maximum absolute atomic E-state index is 13.2. The first-order valence-corrected chi connectivity index (χ1v) is 4.92. The van der Waals surface area contributed by atoms with Gasteiger partial charge in [-0.15, -0.1) is 0 Å². The van der Waals surface area contributed by atoms with E-state index in [1.807, 2.05) is 13.0 Å². The molecule has 14 heavy (non-hydrogen) atoms. The van der Waals surface area contributed by atoms with Crippen molar-refractivity contribution < 1.29 is 4.39 Å². The molecule has 0 amide bonds. The summed E-state index contributed by atoms with van der Waals surface area (Å²) in [7, 11) is 0. The highest BCUT2D eigenvalue weighted by atomic mass is 19.1. The Morgan fingerprint density at radius 2 is 1.86 bits per heavy atom. The van der Waals surface area contributed by atoms with Gasteiger partial charge in [0.05, 0.1) is 0 Å². The Hall–Kier alpha value is -0.890. The first-order chi connectivity index (χ1) is 6.35. The van der Waals surface area contributed by atoms with Crippen molar-refractivity contribution in [3.63, 3.8) is 0 Å². The molecule has 0 spiro atoms. The van der Waals surface area contributed by atoms with Crippen molar-refractivity contribution >= 4 is 0 Å². The second-order valence-electron chi connectivity index (χ2n) is 5.05. The molecule has 0 aromatic heterocycles. The fourth-order valence-electron chi connectivity index (χ4n) is 2.14. The van der Waals surface area contributed by atoms with Gasteiger partial charge in [-0.25, -0.2) is 4.39 Å². The lowest BCUT2D eigenvalue weighted by Crippen LogP contribution is -2.25. The molecule has 0 aliphatic heterocycles. The zero-order valence-electron chi connectivity index (χ0n) is 8.89. The molecule has 1 atom stereocenters. The summed E-state index contributed by atoms with van der Waals surface area (Å²) < 4.78 is 13.2. The minimum absolute atomic E-state index is 0.104. The molecule has 0 heterocycles. The fraction of sp³-hybridized carbons (Fsp3) is 0.500. The number of rotatable bonds is 1. The highest BCUT2D eigenvalue weighted by Gasteiger charge is 2.59. The van der Waals surface area contributed by atoms with Crippen LogP contribution in [0.4, 0.5) is 4.39 Å². The number of aryl methyl sites for hydroxylation is 1. The van der Waals surface area contributed by atoms with Crippen molar-refractivity contribution in [3.8, 4) is 0 Å². The topological polar surface area (TPSA) is 26.0 Å². The molecule has 2 rings (SSSR count). The molecule has 1 aromatic rings. The molecule has 1 nitrogen and oxygen atoms in total. The second-order valence-corrected chi connectivity index (χ2v) is 5.05. The Kier molecular flexibility index (Phi) is 1.77. The highest BCUT2D eigenvalue weighted by Crippen LogP contribution is 2.60. The predicted octanol–water partition coefficient (Wildman–Crippen LogP) is 2.72. The standard InChI is InChI=1S/C12H16FN/c1-8-4-9(6-10(13)5-8)12(14)7-11(12,2)3/h4-6H,7,14H2,1-3H3. The number of benzene rings is 1. The van der Waals surface area contributed by atoms with E-state index in [-0.39, 0.29) is 16.8 Å². The Balaban J connectivity index is 2.44. The zero-order chi connectivity index (χ0) is 10.6. The predicted molar refractivity (Wildman–Crippen MR) is 55.4 cm³/mol. The van der Waals surface area contributed by atoms with Crippen molar-refractivity contribution in [3.05, 3.63) is 35.1 Å². The second kappa shape index (κ2) is 2.57. The van der Waals surface area contributed by atoms with Crippen LogP contribution in [-0.2, 0) is 5.54 Å². The van der Waals surface area contributed by atoms with Gasteiger partial charge in [0.15, 0.2) is 0 Å². The van der Waals surface area contributed by atoms with E-state index in [4.69, 9.17) is 5.73 Å². The number of halogens is 1. The largest absolute Gasteiger partial charge is 0.321 e. The number of hydrogen-bond acceptors (Lipinski definition) is 1. The van der Waals surface area contributed by atoms with Crippen LogP contribution in [0.5, 0.6) is 0 Å². The van der Waals surface area contributed by atoms with E-state index < -0.39 is 0 Å². The normalized spacial score (nSPS) is 28.9. The summed E-state index contributed by atoms with van der Waals surface area (Å²) >= 11 is 0. The van der Waals surface area contributed by atoms with E-state index in [2.05, 4.69) is 13.8 Å². The van der Waals surface area contributed by atoms with Gasteiger partial charge in [-0.05, 0) is 42.0 Å². The molecule has 76 valence electrons. The van der Waals surface area contributed by atoms with Crippen LogP contribution in [0.1, 0.15) is 31.4 Å². The van der Waals surface area contributed by atoms with Gasteiger partial charge in [0, 0.05) is 5.54 Å². The van der Waals surface area contributed by atoms with Crippen LogP contribution in [-0.4, -0.2) is 0 Å². The highest BCUT2D eigenvalue weighted by molar-refractivity contribution is 5.37. The molecular weight excluding hydrogens is 177 g/mol. The van der Waals surface area contributed by atoms with Gasteiger partial charge in [0.2, 0.25) is 0 Å². The SMILES string of the molecule is Cc1cc(F)cc(C2(N)CC2(C)C)c1. The molecule has 1 aromatic carbocycles. The zero-order valence-corrected chi connectivity index (χ0v) is 8.89. The molecule has 1 fully saturated rings. The molecule has 1 unspecified atom stereocenters. The lowest BCUT2D eigenvalue weighted by atomic mass is 9.96. The summed E-state index contributed by atoms with van der Waals surface area (Å²) in [6.45, 7) is 6.13. The number of hydrogen-bond donors (Lipinski definition) is 1. The summed E-state index contributed by atoms with van der Waals surface area (Å²) in [5.74, 6) is -0.187. The van der Waals surface area contributed by atoms with Crippen LogP contribution in [0, 0.1) is 18.2 Å². The molecule has 1 aliphatic carbocycles. The molecule has 0 saturated heterocycles. The van der Waals surface area contributed by atoms with Crippen LogP contribution in [0.15, 0.2) is 18.2 Å². The third kappa shape index (κ3) is 1.25. The van der Waals surface area contributed by atoms with E-state index in [1.54, 1.807) is 6.07 Å². The Morgan fingerprint density at radius 3 is 2.29 bits per heavy atom. The van der Waals surface area contributed by atoms with Crippen molar-refractivity contribution in [2.24, 2.45) is 11.1 Å². The maximum Gasteiger partial charge on any atom is 0.123 e. The third-order valence-corrected chi connectivity index (χ3v) is 3.36. The first-order valence-electron chi connectivity index (χ1n) is 4.92. The molecular formula is C12H16FN. The Morgan fingerprint density at radius 1 is 1.29 bits per heavy atom. The lowest BCUT2D eigenvalue weighted by molar-refractivity contribution is 0.506. The van der Waals surface area contributed by atoms with Gasteiger partial charge < -0.3 is 5.73 Å². The average molecular weight is 193 g/mol. The average Bonchev–Trinajstić information content (AvgIpc) is 2.50. The van der Waals surface area contributed by atoms with E-state index in [9.17, 15) is 4.39 Å². The molecule has 0 bridgehead atoms. The first kappa shape index (κ1) is 9.66. The quantitative estimate of drug-likeness (QED) is 0.729. The molecule has 0 radical (unpaired) electrons. The van der Waals surface area contributed by atoms with Gasteiger partial charge in [-0.2, -0.15) is 0 Å². The minimum atomic E-state index is -0.320. The fourth-order valence-corrected chi connectivity index (χ4v) is 2.14. The molecule has 2 N–H and O–H groups in total. The van der Waals surface area contributed by atoms with E-state index >= 15 is 0 Å². The molecule has 1 saturated carbocycles. The van der Waals surface area contributed by atoms with Crippen LogP contribution in [0.3, 0.4) is 0 Å². The van der Waals surface area contributed by atoms with Gasteiger partial charge >= 0.3 is 0 Å². The summed E-state index contributed by atoms with van der Waals surface area (Å²) in [6.07, 6.45) is 0.933. The van der Waals surface area contributed by atoms with E-state index in [1.165, 1.54) is 6.07 Å². The van der Waals surface area contributed by atoms with E-state index in [0.29, 0.717) is 0 Å². The van der Waals surface area contributed by atoms with Gasteiger partial charge in [-0.3, -0.25) is 0 Å². The van der Waals surface area contributed by atoms with Gasteiger partial charge in [-0.1, -0.05) is 19.9 Å². The Bertz CT molecular complexity index is 364. The van der Waals surface area contributed by atoms with Crippen molar-refractivity contribution in [2.75, 3.05) is 0 Å². The van der Waals surface area contributed by atoms with Crippen LogP contribution in [0.2, 0.25) is 0 Å². The van der Waals surface area contributed by atoms with Crippen LogP contribution < -0.4 is 5.73 Å². The summed E-state index contributed by atoms with van der Waals surface area (Å²) in [4.78, 5) is 0. The van der Waals surface area contributed by atoms with Crippen molar-refractivity contribution in [1.29, 1.82) is 0 Å². The monoisotopic (exact) mass is 193 g/mol. The minimum Gasteiger partial charge on any atom is -0.321 e. The lowest BCUT2D eigenvalue weighted by Gasteiger charge is -2.16. The van der Waals surface area contributed by atoms with Crippen molar-refractivity contribution in [1.82, 2.24) is 0 Å². The van der Waals surface area contributed by atoms with E-state index in [0.717, 1.165) is 17.5 Å².